The summed E-state index contributed by atoms with van der Waals surface area (Å²) in [4.78, 5) is 8.75. The summed E-state index contributed by atoms with van der Waals surface area (Å²) in [6.07, 6.45) is 1.85. The van der Waals surface area contributed by atoms with E-state index in [2.05, 4.69) is 29.1 Å². The van der Waals surface area contributed by atoms with Gasteiger partial charge >= 0.3 is 0 Å². The Balaban J connectivity index is 1.94. The minimum absolute atomic E-state index is 0.612. The highest BCUT2D eigenvalue weighted by Crippen LogP contribution is 2.27. The zero-order valence-electron chi connectivity index (χ0n) is 9.90. The fourth-order valence-electron chi connectivity index (χ4n) is 1.47. The lowest BCUT2D eigenvalue weighted by molar-refractivity contribution is 0.621. The summed E-state index contributed by atoms with van der Waals surface area (Å²) in [5, 5.41) is 4.93. The molecule has 1 N–H and O–H groups in total. The number of amidine groups is 1. The number of nitrogens with one attached hydrogen (secondary N) is 1. The van der Waals surface area contributed by atoms with E-state index in [-0.39, 0.29) is 0 Å². The number of thioether (sulfide) groups is 1. The van der Waals surface area contributed by atoms with Crippen molar-refractivity contribution in [1.82, 2.24) is 4.98 Å². The molecule has 3 nitrogen and oxygen atoms in total. The Bertz CT molecular complexity index is 384. The average Bonchev–Trinajstić information content (AvgIpc) is 2.70. The highest BCUT2D eigenvalue weighted by atomic mass is 32.2. The molecule has 4 heteroatoms. The van der Waals surface area contributed by atoms with Gasteiger partial charge < -0.3 is 5.32 Å². The molecule has 0 bridgehead atoms. The van der Waals surface area contributed by atoms with Crippen LogP contribution in [0, 0.1) is 12.8 Å². The van der Waals surface area contributed by atoms with Gasteiger partial charge in [0.15, 0.2) is 5.17 Å². The molecule has 1 aliphatic rings. The Morgan fingerprint density at radius 1 is 1.44 bits per heavy atom. The molecule has 1 aliphatic heterocycles. The summed E-state index contributed by atoms with van der Waals surface area (Å²) in [5.41, 5.74) is 2.05. The first-order chi connectivity index (χ1) is 7.65. The van der Waals surface area contributed by atoms with Gasteiger partial charge in [0.2, 0.25) is 0 Å². The highest BCUT2D eigenvalue weighted by Gasteiger charge is 2.22. The topological polar surface area (TPSA) is 37.3 Å². The number of hydrogen-bond donors (Lipinski definition) is 1. The molecule has 1 atom stereocenters. The van der Waals surface area contributed by atoms with Gasteiger partial charge in [0, 0.05) is 10.9 Å². The third kappa shape index (κ3) is 2.76. The van der Waals surface area contributed by atoms with Crippen LogP contribution in [0.5, 0.6) is 0 Å². The van der Waals surface area contributed by atoms with Gasteiger partial charge in [-0.25, -0.2) is 0 Å². The minimum atomic E-state index is 0.612. The Labute approximate surface area is 101 Å². The molecule has 1 unspecified atom stereocenters. The van der Waals surface area contributed by atoms with E-state index in [1.807, 2.05) is 37.0 Å². The van der Waals surface area contributed by atoms with Crippen LogP contribution >= 0.6 is 11.8 Å². The molecule has 0 saturated carbocycles. The van der Waals surface area contributed by atoms with E-state index in [1.165, 1.54) is 0 Å². The molecular weight excluding hydrogens is 218 g/mol. The van der Waals surface area contributed by atoms with Gasteiger partial charge in [0.05, 0.1) is 18.4 Å². The number of aromatic nitrogens is 1. The molecule has 0 aromatic carbocycles. The molecule has 1 aromatic heterocycles. The van der Waals surface area contributed by atoms with E-state index in [0.717, 1.165) is 23.1 Å². The zero-order valence-corrected chi connectivity index (χ0v) is 10.7. The van der Waals surface area contributed by atoms with Crippen LogP contribution in [0.1, 0.15) is 19.5 Å². The van der Waals surface area contributed by atoms with Crippen molar-refractivity contribution >= 4 is 22.6 Å². The zero-order chi connectivity index (χ0) is 11.5. The summed E-state index contributed by atoms with van der Waals surface area (Å²) in [6, 6.07) is 4.04. The van der Waals surface area contributed by atoms with Gasteiger partial charge in [0.1, 0.15) is 0 Å². The molecule has 0 saturated heterocycles. The van der Waals surface area contributed by atoms with Crippen molar-refractivity contribution in [3.63, 3.8) is 0 Å². The van der Waals surface area contributed by atoms with E-state index in [0.29, 0.717) is 11.2 Å². The molecule has 2 rings (SSSR count). The first-order valence-electron chi connectivity index (χ1n) is 5.56. The maximum atomic E-state index is 4.50. The van der Waals surface area contributed by atoms with Crippen molar-refractivity contribution in [3.8, 4) is 0 Å². The maximum absolute atomic E-state index is 4.50. The van der Waals surface area contributed by atoms with Crippen LogP contribution in [-0.2, 0) is 0 Å². The predicted octanol–water partition coefficient (Wildman–Crippen LogP) is 2.93. The van der Waals surface area contributed by atoms with Gasteiger partial charge in [-0.3, -0.25) is 9.98 Å². The van der Waals surface area contributed by atoms with Crippen molar-refractivity contribution in [2.45, 2.75) is 26.0 Å². The van der Waals surface area contributed by atoms with Crippen LogP contribution in [0.25, 0.3) is 0 Å². The number of pyridine rings is 1. The first-order valence-corrected chi connectivity index (χ1v) is 6.44. The predicted molar refractivity (Wildman–Crippen MR) is 71.1 cm³/mol. The average molecular weight is 235 g/mol. The van der Waals surface area contributed by atoms with E-state index in [4.69, 9.17) is 0 Å². The van der Waals surface area contributed by atoms with Crippen molar-refractivity contribution < 1.29 is 0 Å². The Hall–Kier alpha value is -1.03. The molecule has 2 heterocycles. The van der Waals surface area contributed by atoms with Crippen LogP contribution in [0.3, 0.4) is 0 Å². The summed E-state index contributed by atoms with van der Waals surface area (Å²) in [6.45, 7) is 7.39. The second-order valence-electron chi connectivity index (χ2n) is 4.36. The smallest absolute Gasteiger partial charge is 0.161 e. The van der Waals surface area contributed by atoms with Gasteiger partial charge in [-0.15, -0.1) is 0 Å². The lowest BCUT2D eigenvalue weighted by Gasteiger charge is -2.12. The van der Waals surface area contributed by atoms with Gasteiger partial charge in [-0.1, -0.05) is 25.6 Å². The minimum Gasteiger partial charge on any atom is -0.334 e. The van der Waals surface area contributed by atoms with E-state index < -0.39 is 0 Å². The summed E-state index contributed by atoms with van der Waals surface area (Å²) < 4.78 is 0. The van der Waals surface area contributed by atoms with Crippen LogP contribution in [-0.4, -0.2) is 21.9 Å². The van der Waals surface area contributed by atoms with Crippen molar-refractivity contribution in [2.75, 3.05) is 11.9 Å². The molecule has 0 radical (unpaired) electrons. The van der Waals surface area contributed by atoms with Crippen LogP contribution in [0.2, 0.25) is 0 Å². The van der Waals surface area contributed by atoms with Crippen molar-refractivity contribution in [1.29, 1.82) is 0 Å². The van der Waals surface area contributed by atoms with E-state index in [9.17, 15) is 0 Å². The normalized spacial score (nSPS) is 20.0. The number of aryl methyl sites for hydroxylation is 1. The molecule has 86 valence electrons. The molecule has 1 aromatic rings. The van der Waals surface area contributed by atoms with Crippen molar-refractivity contribution in [2.24, 2.45) is 10.9 Å². The summed E-state index contributed by atoms with van der Waals surface area (Å²) in [7, 11) is 0. The van der Waals surface area contributed by atoms with E-state index >= 15 is 0 Å². The monoisotopic (exact) mass is 235 g/mol. The largest absolute Gasteiger partial charge is 0.334 e. The van der Waals surface area contributed by atoms with Crippen molar-refractivity contribution in [3.05, 3.63) is 24.0 Å². The SMILES string of the molecule is Cc1ccc(NC2=NCC(C(C)C)S2)cn1. The molecule has 0 fully saturated rings. The molecule has 16 heavy (non-hydrogen) atoms. The molecule has 0 aliphatic carbocycles. The number of aliphatic imine (C=N–C) groups is 1. The van der Waals surface area contributed by atoms with Crippen LogP contribution < -0.4 is 5.32 Å². The molecule has 0 spiro atoms. The van der Waals surface area contributed by atoms with Gasteiger partial charge in [0.25, 0.3) is 0 Å². The Kier molecular flexibility index (Phi) is 3.49. The lowest BCUT2D eigenvalue weighted by atomic mass is 10.1. The second kappa shape index (κ2) is 4.87. The maximum Gasteiger partial charge on any atom is 0.161 e. The third-order valence-corrected chi connectivity index (χ3v) is 4.03. The molecular formula is C12H17N3S. The summed E-state index contributed by atoms with van der Waals surface area (Å²) >= 11 is 1.83. The first kappa shape index (κ1) is 11.5. The van der Waals surface area contributed by atoms with Crippen LogP contribution in [0.4, 0.5) is 5.69 Å². The van der Waals surface area contributed by atoms with Gasteiger partial charge in [-0.2, -0.15) is 0 Å². The molecule has 0 amide bonds. The third-order valence-electron chi connectivity index (χ3n) is 2.58. The quantitative estimate of drug-likeness (QED) is 0.856. The lowest BCUT2D eigenvalue weighted by Crippen LogP contribution is -2.13. The van der Waals surface area contributed by atoms with E-state index in [1.54, 1.807) is 0 Å². The Morgan fingerprint density at radius 3 is 2.81 bits per heavy atom. The van der Waals surface area contributed by atoms with Gasteiger partial charge in [-0.05, 0) is 25.0 Å². The number of rotatable bonds is 2. The fraction of sp³-hybridized carbons (Fsp3) is 0.500. The Morgan fingerprint density at radius 2 is 2.25 bits per heavy atom. The summed E-state index contributed by atoms with van der Waals surface area (Å²) in [5.74, 6) is 0.671. The number of anilines is 1. The highest BCUT2D eigenvalue weighted by molar-refractivity contribution is 8.15. The van der Waals surface area contributed by atoms with Crippen LogP contribution in [0.15, 0.2) is 23.3 Å². The number of hydrogen-bond acceptors (Lipinski definition) is 4. The number of nitrogens with zero attached hydrogens (tertiary/aromatic N) is 2. The fourth-order valence-corrected chi connectivity index (χ4v) is 2.51. The standard InChI is InChI=1S/C12H17N3S/c1-8(2)11-7-14-12(16-11)15-10-5-4-9(3)13-6-10/h4-6,8,11H,7H2,1-3H3,(H,14,15). The second-order valence-corrected chi connectivity index (χ2v) is 5.59.